The van der Waals surface area contributed by atoms with Crippen molar-refractivity contribution in [2.24, 2.45) is 0 Å². The van der Waals surface area contributed by atoms with Crippen molar-refractivity contribution in [3.05, 3.63) is 88.4 Å². The molecule has 29 heavy (non-hydrogen) atoms. The van der Waals surface area contributed by atoms with Gasteiger partial charge in [-0.25, -0.2) is 0 Å². The number of carbonyl (C=O) groups excluding carboxylic acids is 1. The van der Waals surface area contributed by atoms with Gasteiger partial charge in [-0.2, -0.15) is 0 Å². The maximum Gasteiger partial charge on any atom is 0.257 e. The largest absolute Gasteiger partial charge is 0.504 e. The van der Waals surface area contributed by atoms with E-state index in [1.807, 2.05) is 36.4 Å². The number of rotatable bonds is 5. The summed E-state index contributed by atoms with van der Waals surface area (Å²) in [6, 6.07) is 20.5. The zero-order valence-electron chi connectivity index (χ0n) is 15.7. The molecule has 1 atom stereocenters. The molecule has 3 N–H and O–H groups in total. The molecule has 0 saturated heterocycles. The van der Waals surface area contributed by atoms with Crippen molar-refractivity contribution in [2.45, 2.75) is 19.0 Å². The standard InChI is InChI=1S/C23H21ClN2O3/c24-18-13-16(14-20(27)21(18)28)22-25-19-11-5-4-10-17(19)23(29)26(22)12-6-9-15-7-2-1-3-8-15/h1-5,7-8,10-11,13-14,22,25,27-28H,6,9,12H2. The third-order valence-electron chi connectivity index (χ3n) is 5.11. The Morgan fingerprint density at radius 2 is 1.72 bits per heavy atom. The van der Waals surface area contributed by atoms with Gasteiger partial charge in [0.15, 0.2) is 11.5 Å². The predicted octanol–water partition coefficient (Wildman–Crippen LogP) is 4.95. The molecular formula is C23H21ClN2O3. The average molecular weight is 409 g/mol. The Labute approximate surface area is 174 Å². The normalized spacial score (nSPS) is 15.7. The lowest BCUT2D eigenvalue weighted by molar-refractivity contribution is 0.0680. The Kier molecular flexibility index (Phi) is 5.32. The lowest BCUT2D eigenvalue weighted by Gasteiger charge is -2.38. The fraction of sp³-hybridized carbons (Fsp3) is 0.174. The molecular weight excluding hydrogens is 388 g/mol. The number of phenols is 2. The molecule has 0 aliphatic carbocycles. The number of carbonyl (C=O) groups is 1. The van der Waals surface area contributed by atoms with E-state index in [1.54, 1.807) is 17.0 Å². The summed E-state index contributed by atoms with van der Waals surface area (Å²) in [5.74, 6) is -0.764. The number of anilines is 1. The van der Waals surface area contributed by atoms with Gasteiger partial charge in [-0.05, 0) is 42.7 Å². The lowest BCUT2D eigenvalue weighted by atomic mass is 10.0. The van der Waals surface area contributed by atoms with Crippen molar-refractivity contribution in [1.82, 2.24) is 4.90 Å². The number of fused-ring (bicyclic) bond motifs is 1. The second-order valence-corrected chi connectivity index (χ2v) is 7.46. The molecule has 1 heterocycles. The van der Waals surface area contributed by atoms with Crippen molar-refractivity contribution < 1.29 is 15.0 Å². The number of benzene rings is 3. The van der Waals surface area contributed by atoms with Crippen molar-refractivity contribution >= 4 is 23.2 Å². The number of phenolic OH excluding ortho intramolecular Hbond substituents is 2. The lowest BCUT2D eigenvalue weighted by Crippen LogP contribution is -2.43. The maximum absolute atomic E-state index is 13.2. The number of hydrogen-bond donors (Lipinski definition) is 3. The molecule has 1 unspecified atom stereocenters. The van der Waals surface area contributed by atoms with Crippen molar-refractivity contribution in [3.8, 4) is 11.5 Å². The number of nitrogens with zero attached hydrogens (tertiary/aromatic N) is 1. The van der Waals surface area contributed by atoms with Crippen LogP contribution >= 0.6 is 11.6 Å². The van der Waals surface area contributed by atoms with Gasteiger partial charge in [-0.3, -0.25) is 4.79 Å². The zero-order chi connectivity index (χ0) is 20.4. The molecule has 0 bridgehead atoms. The first kappa shape index (κ1) is 19.2. The fourth-order valence-corrected chi connectivity index (χ4v) is 3.87. The summed E-state index contributed by atoms with van der Waals surface area (Å²) in [6.45, 7) is 0.527. The van der Waals surface area contributed by atoms with Crippen LogP contribution in [0, 0.1) is 0 Å². The van der Waals surface area contributed by atoms with Gasteiger partial charge in [0.05, 0.1) is 10.6 Å². The van der Waals surface area contributed by atoms with Crippen LogP contribution in [-0.2, 0) is 6.42 Å². The van der Waals surface area contributed by atoms with Gasteiger partial charge in [0, 0.05) is 17.8 Å². The highest BCUT2D eigenvalue weighted by Gasteiger charge is 2.33. The van der Waals surface area contributed by atoms with Crippen LogP contribution in [0.15, 0.2) is 66.7 Å². The Bertz CT molecular complexity index is 1020. The second-order valence-electron chi connectivity index (χ2n) is 7.05. The van der Waals surface area contributed by atoms with Gasteiger partial charge in [0.25, 0.3) is 5.91 Å². The van der Waals surface area contributed by atoms with Crippen LogP contribution in [0.5, 0.6) is 11.5 Å². The monoisotopic (exact) mass is 408 g/mol. The van der Waals surface area contributed by atoms with Gasteiger partial charge in [0.2, 0.25) is 0 Å². The van der Waals surface area contributed by atoms with Gasteiger partial charge in [0.1, 0.15) is 6.17 Å². The molecule has 0 radical (unpaired) electrons. The molecule has 3 aromatic rings. The SMILES string of the molecule is O=C1c2ccccc2NC(c2cc(O)c(O)c(Cl)c2)N1CCCc1ccccc1. The molecule has 0 fully saturated rings. The highest BCUT2D eigenvalue weighted by atomic mass is 35.5. The third-order valence-corrected chi connectivity index (χ3v) is 5.40. The van der Waals surface area contributed by atoms with E-state index in [0.29, 0.717) is 17.7 Å². The summed E-state index contributed by atoms with van der Waals surface area (Å²) in [5.41, 5.74) is 3.16. The smallest absolute Gasteiger partial charge is 0.257 e. The minimum Gasteiger partial charge on any atom is -0.504 e. The number of aryl methyl sites for hydroxylation is 1. The number of nitrogens with one attached hydrogen (secondary N) is 1. The second kappa shape index (κ2) is 8.05. The van der Waals surface area contributed by atoms with Crippen LogP contribution in [0.25, 0.3) is 0 Å². The number of amides is 1. The van der Waals surface area contributed by atoms with Crippen LogP contribution in [0.3, 0.4) is 0 Å². The fourth-order valence-electron chi connectivity index (χ4n) is 3.65. The number of aromatic hydroxyl groups is 2. The summed E-state index contributed by atoms with van der Waals surface area (Å²) in [6.07, 6.45) is 1.13. The first-order chi connectivity index (χ1) is 14.0. The van der Waals surface area contributed by atoms with E-state index < -0.39 is 6.17 Å². The van der Waals surface area contributed by atoms with Crippen molar-refractivity contribution in [2.75, 3.05) is 11.9 Å². The summed E-state index contributed by atoms with van der Waals surface area (Å²) < 4.78 is 0. The van der Waals surface area contributed by atoms with Crippen LogP contribution in [0.1, 0.15) is 34.1 Å². The molecule has 0 spiro atoms. The van der Waals surface area contributed by atoms with Gasteiger partial charge in [-0.1, -0.05) is 54.1 Å². The van der Waals surface area contributed by atoms with Crippen LogP contribution < -0.4 is 5.32 Å². The molecule has 148 valence electrons. The van der Waals surface area contributed by atoms with E-state index in [1.165, 1.54) is 11.6 Å². The molecule has 0 aromatic heterocycles. The topological polar surface area (TPSA) is 72.8 Å². The van der Waals surface area contributed by atoms with Crippen molar-refractivity contribution in [1.29, 1.82) is 0 Å². The van der Waals surface area contributed by atoms with Crippen LogP contribution in [0.4, 0.5) is 5.69 Å². The average Bonchev–Trinajstić information content (AvgIpc) is 2.74. The number of para-hydroxylation sites is 1. The maximum atomic E-state index is 13.2. The summed E-state index contributed by atoms with van der Waals surface area (Å²) in [5, 5.41) is 23.2. The third kappa shape index (κ3) is 3.87. The van der Waals surface area contributed by atoms with Crippen molar-refractivity contribution in [3.63, 3.8) is 0 Å². The van der Waals surface area contributed by atoms with Crippen LogP contribution in [-0.4, -0.2) is 27.6 Å². The molecule has 3 aromatic carbocycles. The Balaban J connectivity index is 1.64. The highest BCUT2D eigenvalue weighted by molar-refractivity contribution is 6.32. The minimum absolute atomic E-state index is 0.0392. The molecule has 1 aliphatic rings. The van der Waals surface area contributed by atoms with E-state index >= 15 is 0 Å². The molecule has 4 rings (SSSR count). The Morgan fingerprint density at radius 1 is 1.00 bits per heavy atom. The Morgan fingerprint density at radius 3 is 2.48 bits per heavy atom. The minimum atomic E-state index is -0.503. The van der Waals surface area contributed by atoms with E-state index in [0.717, 1.165) is 18.5 Å². The van der Waals surface area contributed by atoms with Gasteiger partial charge < -0.3 is 20.4 Å². The van der Waals surface area contributed by atoms with E-state index in [-0.39, 0.29) is 22.4 Å². The number of halogens is 1. The quantitative estimate of drug-likeness (QED) is 0.522. The molecule has 0 saturated carbocycles. The summed E-state index contributed by atoms with van der Waals surface area (Å²) in [7, 11) is 0. The zero-order valence-corrected chi connectivity index (χ0v) is 16.4. The first-order valence-corrected chi connectivity index (χ1v) is 9.84. The van der Waals surface area contributed by atoms with Gasteiger partial charge >= 0.3 is 0 Å². The first-order valence-electron chi connectivity index (χ1n) is 9.46. The number of hydrogen-bond acceptors (Lipinski definition) is 4. The van der Waals surface area contributed by atoms with E-state index in [9.17, 15) is 15.0 Å². The predicted molar refractivity (Wildman–Crippen MR) is 113 cm³/mol. The molecule has 1 amide bonds. The van der Waals surface area contributed by atoms with E-state index in [4.69, 9.17) is 11.6 Å². The summed E-state index contributed by atoms with van der Waals surface area (Å²) in [4.78, 5) is 15.0. The molecule has 5 nitrogen and oxygen atoms in total. The van der Waals surface area contributed by atoms with Crippen LogP contribution in [0.2, 0.25) is 5.02 Å². The van der Waals surface area contributed by atoms with Gasteiger partial charge in [-0.15, -0.1) is 0 Å². The molecule has 6 heteroatoms. The summed E-state index contributed by atoms with van der Waals surface area (Å²) >= 11 is 6.07. The molecule has 1 aliphatic heterocycles. The van der Waals surface area contributed by atoms with E-state index in [2.05, 4.69) is 17.4 Å². The Hall–Kier alpha value is -3.18. The highest BCUT2D eigenvalue weighted by Crippen LogP contribution is 2.39.